The summed E-state index contributed by atoms with van der Waals surface area (Å²) in [7, 11) is 4.15. The number of aliphatic hydroxyl groups is 1. The van der Waals surface area contributed by atoms with E-state index in [0.29, 0.717) is 18.7 Å². The summed E-state index contributed by atoms with van der Waals surface area (Å²) in [4.78, 5) is 4.48. The molecule has 8 nitrogen and oxygen atoms in total. The van der Waals surface area contributed by atoms with Crippen molar-refractivity contribution >= 4 is 5.69 Å². The van der Waals surface area contributed by atoms with Crippen LogP contribution in [-0.2, 0) is 6.54 Å². The monoisotopic (exact) mass is 479 g/mol. The maximum Gasteiger partial charge on any atom is 0.185 e. The molecule has 0 amide bonds. The molecule has 0 aliphatic carbocycles. The molecule has 4 heterocycles. The van der Waals surface area contributed by atoms with Crippen molar-refractivity contribution in [2.75, 3.05) is 38.6 Å². The third kappa shape index (κ3) is 3.96. The number of anilines is 1. The van der Waals surface area contributed by atoms with Crippen LogP contribution in [0.3, 0.4) is 0 Å². The van der Waals surface area contributed by atoms with Gasteiger partial charge in [0.05, 0.1) is 29.1 Å². The molecule has 8 heteroatoms. The average molecular weight is 480 g/mol. The minimum atomic E-state index is -0.306. The van der Waals surface area contributed by atoms with Crippen LogP contribution in [0.1, 0.15) is 17.5 Å². The van der Waals surface area contributed by atoms with Gasteiger partial charge < -0.3 is 19.5 Å². The van der Waals surface area contributed by atoms with Gasteiger partial charge in [0.15, 0.2) is 5.82 Å². The van der Waals surface area contributed by atoms with Crippen LogP contribution in [0.5, 0.6) is 0 Å². The minimum absolute atomic E-state index is 0.279. The summed E-state index contributed by atoms with van der Waals surface area (Å²) in [5.41, 5.74) is 7.19. The standard InChI is InChI=1S/C28H29N7O/c1-32(2)10-9-21-14-33(17-27(21)36)24-7-8-25-23(11-24)16-34-15-22(20-5-3-19(13-29)4-6-20)12-26(34)28-31-30-18-35(25)28/h3-8,11-12,15,18,21,27,36H,9-10,14,16-17H2,1-2H3/t21-,27+/m0/s1. The van der Waals surface area contributed by atoms with Crippen molar-refractivity contribution < 1.29 is 5.11 Å². The summed E-state index contributed by atoms with van der Waals surface area (Å²) in [5.74, 6) is 1.09. The van der Waals surface area contributed by atoms with Gasteiger partial charge in [0, 0.05) is 43.0 Å². The van der Waals surface area contributed by atoms with Crippen LogP contribution in [0.15, 0.2) is 61.1 Å². The lowest BCUT2D eigenvalue weighted by atomic mass is 10.0. The second kappa shape index (κ2) is 8.94. The van der Waals surface area contributed by atoms with Crippen LogP contribution in [0.4, 0.5) is 5.69 Å². The van der Waals surface area contributed by atoms with Crippen molar-refractivity contribution in [3.05, 3.63) is 72.2 Å². The number of hydrogen-bond acceptors (Lipinski definition) is 6. The molecule has 2 aromatic heterocycles. The minimum Gasteiger partial charge on any atom is -0.391 e. The first-order chi connectivity index (χ1) is 17.5. The Labute approximate surface area is 210 Å². The first-order valence-electron chi connectivity index (χ1n) is 12.3. The number of rotatable bonds is 5. The molecule has 1 saturated heterocycles. The number of aromatic nitrogens is 4. The fourth-order valence-electron chi connectivity index (χ4n) is 5.40. The highest BCUT2D eigenvalue weighted by molar-refractivity contribution is 5.72. The summed E-state index contributed by atoms with van der Waals surface area (Å²) in [5, 5.41) is 28.5. The van der Waals surface area contributed by atoms with Gasteiger partial charge in [-0.3, -0.25) is 4.57 Å². The number of β-amino-alcohol motifs (C(OH)–C–C–N with tert-alkyl or cyclic N) is 1. The third-order valence-corrected chi connectivity index (χ3v) is 7.40. The van der Waals surface area contributed by atoms with Crippen LogP contribution in [0.25, 0.3) is 28.3 Å². The van der Waals surface area contributed by atoms with Gasteiger partial charge >= 0.3 is 0 Å². The molecule has 0 radical (unpaired) electrons. The molecule has 1 fully saturated rings. The SMILES string of the molecule is CN(C)CC[C@H]1CN(c2ccc3c(c2)Cn2cc(-c4ccc(C#N)cc4)cc2-c2nncn2-3)C[C@H]1O. The molecule has 0 bridgehead atoms. The number of nitriles is 1. The lowest BCUT2D eigenvalue weighted by Crippen LogP contribution is -2.23. The van der Waals surface area contributed by atoms with Gasteiger partial charge in [-0.1, -0.05) is 12.1 Å². The van der Waals surface area contributed by atoms with E-state index in [2.05, 4.69) is 79.8 Å². The lowest BCUT2D eigenvalue weighted by molar-refractivity contribution is 0.138. The Kier molecular flexibility index (Phi) is 5.59. The van der Waals surface area contributed by atoms with E-state index in [1.54, 1.807) is 6.33 Å². The molecular weight excluding hydrogens is 450 g/mol. The molecule has 6 rings (SSSR count). The zero-order valence-corrected chi connectivity index (χ0v) is 20.5. The van der Waals surface area contributed by atoms with Crippen LogP contribution < -0.4 is 4.90 Å². The Balaban J connectivity index is 1.33. The zero-order valence-electron chi connectivity index (χ0n) is 20.5. The lowest BCUT2D eigenvalue weighted by Gasteiger charge is -2.21. The van der Waals surface area contributed by atoms with E-state index in [0.717, 1.165) is 53.5 Å². The van der Waals surface area contributed by atoms with E-state index < -0.39 is 0 Å². The fraction of sp³-hybridized carbons (Fsp3) is 0.321. The van der Waals surface area contributed by atoms with E-state index in [9.17, 15) is 5.11 Å². The van der Waals surface area contributed by atoms with Crippen LogP contribution in [-0.4, -0.2) is 69.2 Å². The number of fused-ring (bicyclic) bond motifs is 5. The first kappa shape index (κ1) is 22.5. The third-order valence-electron chi connectivity index (χ3n) is 7.40. The summed E-state index contributed by atoms with van der Waals surface area (Å²) >= 11 is 0. The summed E-state index contributed by atoms with van der Waals surface area (Å²) < 4.78 is 4.28. The highest BCUT2D eigenvalue weighted by atomic mass is 16.3. The molecule has 2 aliphatic heterocycles. The predicted octanol–water partition coefficient (Wildman–Crippen LogP) is 3.38. The molecule has 2 aromatic carbocycles. The first-order valence-corrected chi connectivity index (χ1v) is 12.3. The Morgan fingerprint density at radius 2 is 1.92 bits per heavy atom. The topological polar surface area (TPSA) is 86.1 Å². The maximum absolute atomic E-state index is 10.7. The van der Waals surface area contributed by atoms with Gasteiger partial charge in [-0.25, -0.2) is 0 Å². The van der Waals surface area contributed by atoms with Crippen molar-refractivity contribution in [1.29, 1.82) is 5.26 Å². The van der Waals surface area contributed by atoms with Crippen molar-refractivity contribution in [1.82, 2.24) is 24.2 Å². The highest BCUT2D eigenvalue weighted by Crippen LogP contribution is 2.36. The van der Waals surface area contributed by atoms with Gasteiger partial charge in [0.25, 0.3) is 0 Å². The van der Waals surface area contributed by atoms with Gasteiger partial charge in [0.1, 0.15) is 6.33 Å². The quantitative estimate of drug-likeness (QED) is 0.416. The zero-order chi connectivity index (χ0) is 24.8. The molecule has 0 spiro atoms. The van der Waals surface area contributed by atoms with Crippen LogP contribution in [0, 0.1) is 17.2 Å². The van der Waals surface area contributed by atoms with E-state index in [1.165, 1.54) is 5.56 Å². The average Bonchev–Trinajstić information content (AvgIpc) is 3.60. The van der Waals surface area contributed by atoms with Gasteiger partial charge in [-0.15, -0.1) is 10.2 Å². The Morgan fingerprint density at radius 1 is 1.08 bits per heavy atom. The Morgan fingerprint density at radius 3 is 2.69 bits per heavy atom. The fourth-order valence-corrected chi connectivity index (χ4v) is 5.40. The highest BCUT2D eigenvalue weighted by Gasteiger charge is 2.32. The molecule has 0 unspecified atom stereocenters. The molecule has 1 N–H and O–H groups in total. The molecule has 2 atom stereocenters. The molecule has 4 aromatic rings. The summed E-state index contributed by atoms with van der Waals surface area (Å²) in [6, 6.07) is 18.5. The van der Waals surface area contributed by atoms with Crippen molar-refractivity contribution in [2.45, 2.75) is 19.1 Å². The van der Waals surface area contributed by atoms with Crippen molar-refractivity contribution in [2.24, 2.45) is 5.92 Å². The Bertz CT molecular complexity index is 1440. The number of aliphatic hydroxyl groups excluding tert-OH is 1. The van der Waals surface area contributed by atoms with Gasteiger partial charge in [-0.05, 0) is 74.6 Å². The van der Waals surface area contributed by atoms with E-state index >= 15 is 0 Å². The van der Waals surface area contributed by atoms with Crippen molar-refractivity contribution in [3.8, 4) is 34.4 Å². The molecule has 2 aliphatic rings. The molecule has 182 valence electrons. The normalized spacial score (nSPS) is 18.5. The van der Waals surface area contributed by atoms with Gasteiger partial charge in [-0.2, -0.15) is 5.26 Å². The van der Waals surface area contributed by atoms with Crippen molar-refractivity contribution in [3.63, 3.8) is 0 Å². The van der Waals surface area contributed by atoms with Crippen LogP contribution >= 0.6 is 0 Å². The maximum atomic E-state index is 10.7. The summed E-state index contributed by atoms with van der Waals surface area (Å²) in [6.45, 7) is 3.21. The van der Waals surface area contributed by atoms with Crippen LogP contribution in [0.2, 0.25) is 0 Å². The van der Waals surface area contributed by atoms with E-state index in [1.807, 2.05) is 24.3 Å². The number of nitrogens with zero attached hydrogens (tertiary/aromatic N) is 7. The van der Waals surface area contributed by atoms with E-state index in [4.69, 9.17) is 5.26 Å². The summed E-state index contributed by atoms with van der Waals surface area (Å²) in [6.07, 6.45) is 4.60. The molecule has 0 saturated carbocycles. The molecular formula is C28H29N7O. The number of hydrogen-bond donors (Lipinski definition) is 1. The number of benzene rings is 2. The van der Waals surface area contributed by atoms with Gasteiger partial charge in [0.2, 0.25) is 0 Å². The second-order valence-electron chi connectivity index (χ2n) is 10.1. The molecule has 36 heavy (non-hydrogen) atoms. The smallest absolute Gasteiger partial charge is 0.185 e. The second-order valence-corrected chi connectivity index (χ2v) is 10.1. The Hall–Kier alpha value is -3.93. The largest absolute Gasteiger partial charge is 0.391 e. The van der Waals surface area contributed by atoms with E-state index in [-0.39, 0.29) is 12.0 Å². The predicted molar refractivity (Wildman–Crippen MR) is 139 cm³/mol.